The molecule has 3 heterocycles. The van der Waals surface area contributed by atoms with Gasteiger partial charge in [-0.05, 0) is 32.0 Å². The van der Waals surface area contributed by atoms with Gasteiger partial charge in [0.2, 0.25) is 0 Å². The van der Waals surface area contributed by atoms with Gasteiger partial charge in [0.15, 0.2) is 27.3 Å². The lowest BCUT2D eigenvalue weighted by Crippen LogP contribution is -2.30. The Morgan fingerprint density at radius 2 is 1.71 bits per heavy atom. The van der Waals surface area contributed by atoms with Crippen LogP contribution in [-0.2, 0) is 27.4 Å². The van der Waals surface area contributed by atoms with E-state index in [4.69, 9.17) is 25.8 Å². The first-order chi connectivity index (χ1) is 18.2. The number of aromatic nitrogens is 7. The van der Waals surface area contributed by atoms with Crippen LogP contribution in [0.2, 0.25) is 5.02 Å². The summed E-state index contributed by atoms with van der Waals surface area (Å²) < 4.78 is 47.7. The van der Waals surface area contributed by atoms with Crippen LogP contribution in [0.3, 0.4) is 0 Å². The molecule has 14 heteroatoms. The number of halogens is 1. The van der Waals surface area contributed by atoms with E-state index in [1.165, 1.54) is 26.6 Å². The van der Waals surface area contributed by atoms with Gasteiger partial charge in [-0.1, -0.05) is 17.7 Å². The molecule has 12 nitrogen and oxygen atoms in total. The molecule has 0 radical (unpaired) electrons. The van der Waals surface area contributed by atoms with Crippen LogP contribution in [0.4, 0.5) is 0 Å². The monoisotopic (exact) mass is 561 g/mol. The lowest BCUT2D eigenvalue weighted by Gasteiger charge is -2.23. The number of benzene rings is 1. The van der Waals surface area contributed by atoms with Crippen LogP contribution in [-0.4, -0.2) is 69.0 Å². The molecule has 202 valence electrons. The summed E-state index contributed by atoms with van der Waals surface area (Å²) in [7, 11) is 0.905. The molecule has 0 aliphatic rings. The Kier molecular flexibility index (Phi) is 8.29. The van der Waals surface area contributed by atoms with Gasteiger partial charge in [-0.15, -0.1) is 10.2 Å². The molecule has 2 atom stereocenters. The smallest absolute Gasteiger partial charge is 0.189 e. The first-order valence-electron chi connectivity index (χ1n) is 11.7. The highest BCUT2D eigenvalue weighted by Gasteiger charge is 2.36. The van der Waals surface area contributed by atoms with Crippen LogP contribution in [0, 0.1) is 0 Å². The van der Waals surface area contributed by atoms with E-state index in [2.05, 4.69) is 25.3 Å². The minimum absolute atomic E-state index is 0.146. The fraction of sp³-hybridized carbons (Fsp3) is 0.375. The van der Waals surface area contributed by atoms with Crippen molar-refractivity contribution >= 4 is 21.4 Å². The van der Waals surface area contributed by atoms with Crippen molar-refractivity contribution in [3.8, 4) is 28.7 Å². The highest BCUT2D eigenvalue weighted by atomic mass is 35.5. The second-order valence-corrected chi connectivity index (χ2v) is 11.1. The zero-order valence-electron chi connectivity index (χ0n) is 21.6. The van der Waals surface area contributed by atoms with Gasteiger partial charge in [0, 0.05) is 32.2 Å². The van der Waals surface area contributed by atoms with Gasteiger partial charge in [-0.25, -0.2) is 18.4 Å². The number of para-hydroxylation sites is 1. The predicted octanol–water partition coefficient (Wildman–Crippen LogP) is 3.21. The molecule has 4 rings (SSSR count). The number of rotatable bonds is 11. The molecule has 4 aromatic rings. The second-order valence-electron chi connectivity index (χ2n) is 8.31. The summed E-state index contributed by atoms with van der Waals surface area (Å²) >= 11 is 5.92. The summed E-state index contributed by atoms with van der Waals surface area (Å²) in [5, 5.41) is 12.3. The second kappa shape index (κ2) is 11.5. The Labute approximate surface area is 225 Å². The van der Waals surface area contributed by atoms with E-state index in [0.29, 0.717) is 33.7 Å². The summed E-state index contributed by atoms with van der Waals surface area (Å²) in [6.45, 7) is 3.58. The van der Waals surface area contributed by atoms with E-state index in [9.17, 15) is 8.42 Å². The number of aryl methyl sites for hydroxylation is 1. The third-order valence-electron chi connectivity index (χ3n) is 5.86. The number of ether oxygens (including phenoxy) is 3. The van der Waals surface area contributed by atoms with Gasteiger partial charge in [0.05, 0.1) is 24.5 Å². The van der Waals surface area contributed by atoms with E-state index < -0.39 is 26.9 Å². The fourth-order valence-corrected chi connectivity index (χ4v) is 5.45. The molecular formula is C24H28ClN7O5S. The van der Waals surface area contributed by atoms with Crippen molar-refractivity contribution in [3.63, 3.8) is 0 Å². The van der Waals surface area contributed by atoms with Crippen molar-refractivity contribution in [2.24, 2.45) is 7.05 Å². The van der Waals surface area contributed by atoms with Crippen molar-refractivity contribution < 1.29 is 22.6 Å². The zero-order chi connectivity index (χ0) is 27.4. The molecule has 0 spiro atoms. The van der Waals surface area contributed by atoms with Crippen molar-refractivity contribution in [2.45, 2.75) is 31.0 Å². The Bertz CT molecular complexity index is 1480. The van der Waals surface area contributed by atoms with Crippen molar-refractivity contribution in [2.75, 3.05) is 20.8 Å². The number of nitrogens with zero attached hydrogens (tertiary/aromatic N) is 7. The SMILES string of the molecule is CCO[C@H](c1ncc(Cl)cn1)[C@H](C)S(=O)(=O)Cc1nnc(-c2ccn(C)n2)n1-c1c(OC)cccc1OC. The maximum atomic E-state index is 13.8. The summed E-state index contributed by atoms with van der Waals surface area (Å²) in [6.07, 6.45) is 3.64. The van der Waals surface area contributed by atoms with Crippen molar-refractivity contribution in [1.82, 2.24) is 34.5 Å². The summed E-state index contributed by atoms with van der Waals surface area (Å²) in [5.74, 6) is 1.10. The molecule has 0 saturated carbocycles. The van der Waals surface area contributed by atoms with E-state index in [0.717, 1.165) is 0 Å². The molecule has 0 fully saturated rings. The average molecular weight is 562 g/mol. The van der Waals surface area contributed by atoms with E-state index >= 15 is 0 Å². The number of hydrogen-bond donors (Lipinski definition) is 0. The third-order valence-corrected chi connectivity index (χ3v) is 8.10. The van der Waals surface area contributed by atoms with Crippen LogP contribution in [0.15, 0.2) is 42.9 Å². The first kappa shape index (κ1) is 27.5. The summed E-state index contributed by atoms with van der Waals surface area (Å²) in [4.78, 5) is 8.37. The van der Waals surface area contributed by atoms with Gasteiger partial charge >= 0.3 is 0 Å². The third kappa shape index (κ3) is 5.49. The number of sulfone groups is 1. The summed E-state index contributed by atoms with van der Waals surface area (Å²) in [5.41, 5.74) is 0.940. The van der Waals surface area contributed by atoms with Gasteiger partial charge in [-0.3, -0.25) is 9.25 Å². The fourth-order valence-electron chi connectivity index (χ4n) is 3.97. The molecule has 3 aromatic heterocycles. The maximum absolute atomic E-state index is 13.8. The molecule has 0 aliphatic carbocycles. The lowest BCUT2D eigenvalue weighted by atomic mass is 10.2. The molecule has 1 aromatic carbocycles. The van der Waals surface area contributed by atoms with Crippen molar-refractivity contribution in [1.29, 1.82) is 0 Å². The number of methoxy groups -OCH3 is 2. The Morgan fingerprint density at radius 3 is 2.26 bits per heavy atom. The predicted molar refractivity (Wildman–Crippen MR) is 140 cm³/mol. The Hall–Kier alpha value is -3.55. The van der Waals surface area contributed by atoms with Gasteiger partial charge < -0.3 is 14.2 Å². The lowest BCUT2D eigenvalue weighted by molar-refractivity contribution is 0.0556. The van der Waals surface area contributed by atoms with Gasteiger partial charge in [0.25, 0.3) is 0 Å². The molecule has 0 unspecified atom stereocenters. The molecule has 0 bridgehead atoms. The number of hydrogen-bond acceptors (Lipinski definition) is 10. The zero-order valence-corrected chi connectivity index (χ0v) is 23.1. The van der Waals surface area contributed by atoms with E-state index in [1.807, 2.05) is 0 Å². The standard InChI is InChI=1S/C24H28ClN7O5S/c1-6-37-22(23-26-12-16(25)13-27-23)15(2)38(33,34)14-20-28-29-24(17-10-11-31(3)30-17)32(20)21-18(35-4)8-7-9-19(21)36-5/h7-13,15,22H,6,14H2,1-5H3/t15-,22-/m0/s1. The molecule has 38 heavy (non-hydrogen) atoms. The Morgan fingerprint density at radius 1 is 1.05 bits per heavy atom. The topological polar surface area (TPSA) is 136 Å². The maximum Gasteiger partial charge on any atom is 0.189 e. The molecule has 0 amide bonds. The van der Waals surface area contributed by atoms with Crippen LogP contribution in [0.25, 0.3) is 17.2 Å². The van der Waals surface area contributed by atoms with Crippen LogP contribution < -0.4 is 9.47 Å². The van der Waals surface area contributed by atoms with E-state index in [-0.39, 0.29) is 18.3 Å². The minimum atomic E-state index is -3.89. The minimum Gasteiger partial charge on any atom is -0.494 e. The Balaban J connectivity index is 1.82. The largest absolute Gasteiger partial charge is 0.494 e. The molecular weight excluding hydrogens is 534 g/mol. The van der Waals surface area contributed by atoms with Crippen LogP contribution >= 0.6 is 11.6 Å². The molecule has 0 aliphatic heterocycles. The van der Waals surface area contributed by atoms with Crippen LogP contribution in [0.5, 0.6) is 11.5 Å². The normalized spacial score (nSPS) is 13.3. The van der Waals surface area contributed by atoms with Gasteiger partial charge in [0.1, 0.15) is 34.7 Å². The quantitative estimate of drug-likeness (QED) is 0.268. The van der Waals surface area contributed by atoms with Crippen LogP contribution in [0.1, 0.15) is 31.6 Å². The van der Waals surface area contributed by atoms with Gasteiger partial charge in [-0.2, -0.15) is 5.10 Å². The summed E-state index contributed by atoms with van der Waals surface area (Å²) in [6, 6.07) is 7.00. The van der Waals surface area contributed by atoms with Crippen molar-refractivity contribution in [3.05, 3.63) is 59.5 Å². The highest BCUT2D eigenvalue weighted by Crippen LogP contribution is 2.37. The first-order valence-corrected chi connectivity index (χ1v) is 13.8. The highest BCUT2D eigenvalue weighted by molar-refractivity contribution is 7.91. The average Bonchev–Trinajstić information content (AvgIpc) is 3.52. The molecule has 0 N–H and O–H groups in total. The molecule has 0 saturated heterocycles. The van der Waals surface area contributed by atoms with E-state index in [1.54, 1.807) is 60.6 Å².